The summed E-state index contributed by atoms with van der Waals surface area (Å²) in [6, 6.07) is 0. The maximum atomic E-state index is 12.0. The molecule has 1 fully saturated rings. The fraction of sp³-hybridized carbons (Fsp3) is 1.00. The SMILES string of the molecule is NCCCCCCOP(=O)(O)O[C@@H]1[C@H](O)[C@H](OP(=O)(O)O)[C@@H](O)[C@H](O)[C@H]1O. The lowest BCUT2D eigenvalue weighted by molar-refractivity contribution is -0.216. The monoisotopic (exact) mass is 439 g/mol. The molecule has 0 saturated heterocycles. The van der Waals surface area contributed by atoms with E-state index in [1.54, 1.807) is 0 Å². The van der Waals surface area contributed by atoms with Crippen LogP contribution in [0.1, 0.15) is 25.7 Å². The van der Waals surface area contributed by atoms with Crippen molar-refractivity contribution >= 4 is 15.6 Å². The molecule has 1 rings (SSSR count). The molecule has 0 heterocycles. The highest BCUT2D eigenvalue weighted by Crippen LogP contribution is 2.48. The Labute approximate surface area is 155 Å². The van der Waals surface area contributed by atoms with Crippen LogP contribution in [0.5, 0.6) is 0 Å². The van der Waals surface area contributed by atoms with Gasteiger partial charge in [0.2, 0.25) is 0 Å². The molecule has 0 bridgehead atoms. The Bertz CT molecular complexity index is 544. The van der Waals surface area contributed by atoms with Gasteiger partial charge in [-0.1, -0.05) is 12.8 Å². The molecule has 13 nitrogen and oxygen atoms in total. The van der Waals surface area contributed by atoms with E-state index >= 15 is 0 Å². The third kappa shape index (κ3) is 8.11. The molecule has 1 unspecified atom stereocenters. The van der Waals surface area contributed by atoms with Gasteiger partial charge >= 0.3 is 15.6 Å². The van der Waals surface area contributed by atoms with Crippen LogP contribution in [0, 0.1) is 0 Å². The Hall–Kier alpha value is 0.0200. The maximum absolute atomic E-state index is 12.0. The molecule has 15 heteroatoms. The van der Waals surface area contributed by atoms with Crippen molar-refractivity contribution in [1.29, 1.82) is 0 Å². The molecule has 0 spiro atoms. The van der Waals surface area contributed by atoms with Gasteiger partial charge in [0.05, 0.1) is 6.61 Å². The van der Waals surface area contributed by atoms with Crippen molar-refractivity contribution in [2.24, 2.45) is 5.73 Å². The first-order valence-electron chi connectivity index (χ1n) is 8.21. The van der Waals surface area contributed by atoms with Gasteiger partial charge in [-0.3, -0.25) is 13.6 Å². The number of phosphoric ester groups is 2. The molecule has 7 atom stereocenters. The first-order valence-corrected chi connectivity index (χ1v) is 11.2. The van der Waals surface area contributed by atoms with E-state index in [2.05, 4.69) is 9.05 Å². The lowest BCUT2D eigenvalue weighted by Crippen LogP contribution is -2.64. The lowest BCUT2D eigenvalue weighted by Gasteiger charge is -2.43. The van der Waals surface area contributed by atoms with Crippen molar-refractivity contribution in [2.75, 3.05) is 13.2 Å². The first-order chi connectivity index (χ1) is 12.4. The van der Waals surface area contributed by atoms with Crippen molar-refractivity contribution in [1.82, 2.24) is 0 Å². The fourth-order valence-electron chi connectivity index (χ4n) is 2.55. The van der Waals surface area contributed by atoms with Gasteiger partial charge in [0, 0.05) is 0 Å². The highest BCUT2D eigenvalue weighted by molar-refractivity contribution is 7.47. The van der Waals surface area contributed by atoms with Crippen LogP contribution in [0.3, 0.4) is 0 Å². The second-order valence-electron chi connectivity index (χ2n) is 6.10. The van der Waals surface area contributed by atoms with Gasteiger partial charge in [-0.25, -0.2) is 9.13 Å². The van der Waals surface area contributed by atoms with Crippen molar-refractivity contribution in [3.63, 3.8) is 0 Å². The predicted molar refractivity (Wildman–Crippen MR) is 89.1 cm³/mol. The van der Waals surface area contributed by atoms with Gasteiger partial charge in [-0.2, -0.15) is 0 Å². The number of phosphoric acid groups is 2. The van der Waals surface area contributed by atoms with E-state index in [4.69, 9.17) is 20.0 Å². The smallest absolute Gasteiger partial charge is 0.387 e. The van der Waals surface area contributed by atoms with Crippen molar-refractivity contribution < 1.29 is 57.8 Å². The van der Waals surface area contributed by atoms with Crippen LogP contribution in [0.2, 0.25) is 0 Å². The number of unbranched alkanes of at least 4 members (excludes halogenated alkanes) is 3. The van der Waals surface area contributed by atoms with Crippen LogP contribution >= 0.6 is 15.6 Å². The van der Waals surface area contributed by atoms with Gasteiger partial charge in [0.1, 0.15) is 36.6 Å². The van der Waals surface area contributed by atoms with E-state index in [-0.39, 0.29) is 6.61 Å². The van der Waals surface area contributed by atoms with Crippen LogP contribution in [-0.2, 0) is 22.7 Å². The third-order valence-corrected chi connectivity index (χ3v) is 5.45. The summed E-state index contributed by atoms with van der Waals surface area (Å²) in [5.74, 6) is 0. The normalized spacial score (nSPS) is 34.4. The number of aliphatic hydroxyl groups excluding tert-OH is 4. The summed E-state index contributed by atoms with van der Waals surface area (Å²) in [5.41, 5.74) is 5.33. The van der Waals surface area contributed by atoms with E-state index in [0.29, 0.717) is 19.4 Å². The van der Waals surface area contributed by atoms with Crippen molar-refractivity contribution in [3.8, 4) is 0 Å². The lowest BCUT2D eigenvalue weighted by atomic mass is 9.85. The molecule has 1 aliphatic rings. The van der Waals surface area contributed by atoms with Gasteiger partial charge in [-0.15, -0.1) is 0 Å². The van der Waals surface area contributed by atoms with Gasteiger partial charge in [0.15, 0.2) is 0 Å². The highest BCUT2D eigenvalue weighted by Gasteiger charge is 2.54. The van der Waals surface area contributed by atoms with E-state index in [0.717, 1.165) is 12.8 Å². The second kappa shape index (κ2) is 10.7. The van der Waals surface area contributed by atoms with Gasteiger partial charge in [0.25, 0.3) is 0 Å². The summed E-state index contributed by atoms with van der Waals surface area (Å²) in [5, 5.41) is 39.4. The van der Waals surface area contributed by atoms with Crippen LogP contribution in [0.15, 0.2) is 0 Å². The largest absolute Gasteiger partial charge is 0.472 e. The fourth-order valence-corrected chi connectivity index (χ4v) is 4.10. The molecule has 0 aromatic rings. The molecule has 27 heavy (non-hydrogen) atoms. The number of rotatable bonds is 11. The zero-order valence-electron chi connectivity index (χ0n) is 14.4. The van der Waals surface area contributed by atoms with Crippen LogP contribution in [-0.4, -0.2) is 84.9 Å². The number of aliphatic hydroxyl groups is 4. The Morgan fingerprint density at radius 3 is 1.78 bits per heavy atom. The quantitative estimate of drug-likeness (QED) is 0.128. The second-order valence-corrected chi connectivity index (χ2v) is 8.70. The van der Waals surface area contributed by atoms with Crippen LogP contribution in [0.25, 0.3) is 0 Å². The highest BCUT2D eigenvalue weighted by atomic mass is 31.2. The van der Waals surface area contributed by atoms with E-state index in [1.165, 1.54) is 0 Å². The molecule has 1 saturated carbocycles. The minimum absolute atomic E-state index is 0.176. The zero-order valence-corrected chi connectivity index (χ0v) is 16.1. The number of nitrogens with two attached hydrogens (primary N) is 1. The zero-order chi connectivity index (χ0) is 20.8. The molecule has 0 aromatic carbocycles. The molecule has 162 valence electrons. The van der Waals surface area contributed by atoms with Gasteiger partial charge < -0.3 is 40.8 Å². The van der Waals surface area contributed by atoms with E-state index < -0.39 is 52.3 Å². The van der Waals surface area contributed by atoms with Crippen molar-refractivity contribution in [3.05, 3.63) is 0 Å². The molecule has 0 amide bonds. The summed E-state index contributed by atoms with van der Waals surface area (Å²) in [6.45, 7) is 0.344. The van der Waals surface area contributed by atoms with Crippen LogP contribution < -0.4 is 5.73 Å². The Morgan fingerprint density at radius 2 is 1.26 bits per heavy atom. The Balaban J connectivity index is 2.71. The Morgan fingerprint density at radius 1 is 0.741 bits per heavy atom. The topological polar surface area (TPSA) is 229 Å². The molecule has 0 aromatic heterocycles. The molecule has 1 aliphatic carbocycles. The average Bonchev–Trinajstić information content (AvgIpc) is 2.56. The summed E-state index contributed by atoms with van der Waals surface area (Å²) in [7, 11) is -10.0. The van der Waals surface area contributed by atoms with E-state index in [1.807, 2.05) is 0 Å². The van der Waals surface area contributed by atoms with Crippen LogP contribution in [0.4, 0.5) is 0 Å². The molecule has 0 aliphatic heterocycles. The maximum Gasteiger partial charge on any atom is 0.472 e. The molecular weight excluding hydrogens is 412 g/mol. The summed E-state index contributed by atoms with van der Waals surface area (Å²) >= 11 is 0. The minimum atomic E-state index is -5.20. The molecular formula is C12H27NO12P2. The standard InChI is InChI=1S/C12H27NO12P2/c13-5-3-1-2-4-6-23-27(21,22)25-12-9(16)7(14)8(15)11(10(12)17)24-26(18,19)20/h7-12,14-17H,1-6,13H2,(H,21,22)(H2,18,19,20)/t7-,8-,9+,10+,11+,12-/m0/s1. The average molecular weight is 439 g/mol. The Kier molecular flexibility index (Phi) is 9.93. The van der Waals surface area contributed by atoms with Crippen molar-refractivity contribution in [2.45, 2.75) is 62.3 Å². The molecule has 9 N–H and O–H groups in total. The number of hydrogen-bond acceptors (Lipinski definition) is 10. The summed E-state index contributed by atoms with van der Waals surface area (Å²) < 4.78 is 36.5. The van der Waals surface area contributed by atoms with Gasteiger partial charge in [-0.05, 0) is 19.4 Å². The molecule has 0 radical (unpaired) electrons. The third-order valence-electron chi connectivity index (χ3n) is 3.91. The minimum Gasteiger partial charge on any atom is -0.387 e. The number of hydrogen-bond donors (Lipinski definition) is 8. The first kappa shape index (κ1) is 25.1. The van der Waals surface area contributed by atoms with E-state index in [9.17, 15) is 34.4 Å². The predicted octanol–water partition coefficient (Wildman–Crippen LogP) is -2.06. The summed E-state index contributed by atoms with van der Waals surface area (Å²) in [6.07, 6.45) is -9.82. The summed E-state index contributed by atoms with van der Waals surface area (Å²) in [4.78, 5) is 27.4.